The Morgan fingerprint density at radius 1 is 1.17 bits per heavy atom. The van der Waals surface area contributed by atoms with Crippen LogP contribution in [0.5, 0.6) is 0 Å². The number of alkyl halides is 3. The molecule has 0 radical (unpaired) electrons. The Bertz CT molecular complexity index is 187. The Morgan fingerprint density at radius 3 is 2.00 bits per heavy atom. The van der Waals surface area contributed by atoms with E-state index < -0.39 is 10.2 Å². The van der Waals surface area contributed by atoms with Crippen molar-refractivity contribution in [2.75, 3.05) is 0 Å². The van der Waals surface area contributed by atoms with Crippen LogP contribution in [0.2, 0.25) is 0 Å². The summed E-state index contributed by atoms with van der Waals surface area (Å²) < 4.78 is 25.5. The molecule has 0 aliphatic rings. The van der Waals surface area contributed by atoms with Gasteiger partial charge in [0.1, 0.15) is 0 Å². The van der Waals surface area contributed by atoms with Crippen molar-refractivity contribution in [3.05, 3.63) is 24.3 Å². The lowest BCUT2D eigenvalue weighted by molar-refractivity contribution is 0.0200. The molecule has 70 valence electrons. The van der Waals surface area contributed by atoms with E-state index in [-0.39, 0.29) is 0 Å². The topological polar surface area (TPSA) is 0 Å². The molecule has 0 amide bonds. The van der Waals surface area contributed by atoms with Crippen LogP contribution in [0.25, 0.3) is 0 Å². The summed E-state index contributed by atoms with van der Waals surface area (Å²) in [5.74, 6) is 0. The van der Waals surface area contributed by atoms with Gasteiger partial charge in [-0.15, -0.1) is 0 Å². The molecule has 0 saturated carbocycles. The van der Waals surface area contributed by atoms with Gasteiger partial charge in [0.05, 0.1) is 5.41 Å². The molecule has 0 N–H and O–H groups in total. The first kappa shape index (κ1) is 11.8. The number of hydrogen-bond acceptors (Lipinski definition) is 0. The average Bonchev–Trinajstić information content (AvgIpc) is 1.85. The summed E-state index contributed by atoms with van der Waals surface area (Å²) in [4.78, 5) is -2.86. The monoisotopic (exact) mass is 238 g/mol. The van der Waals surface area contributed by atoms with Gasteiger partial charge >= 0.3 is 4.83 Å². The van der Waals surface area contributed by atoms with Crippen molar-refractivity contribution in [1.82, 2.24) is 0 Å². The maximum absolute atomic E-state index is 12.8. The van der Waals surface area contributed by atoms with Crippen molar-refractivity contribution >= 4 is 15.9 Å². The third-order valence-corrected chi connectivity index (χ3v) is 2.57. The maximum Gasteiger partial charge on any atom is 0.309 e. The second-order valence-corrected chi connectivity index (χ2v) is 4.10. The van der Waals surface area contributed by atoms with Gasteiger partial charge < -0.3 is 0 Å². The van der Waals surface area contributed by atoms with Crippen LogP contribution in [-0.4, -0.2) is 4.83 Å². The Balaban J connectivity index is 4.42. The third-order valence-electron chi connectivity index (χ3n) is 1.55. The predicted octanol–water partition coefficient (Wildman–Crippen LogP) is 4.13. The lowest BCUT2D eigenvalue weighted by Crippen LogP contribution is -2.27. The zero-order valence-electron chi connectivity index (χ0n) is 7.44. The Hall–Kier alpha value is -0.180. The molecule has 0 aromatic heterocycles. The summed E-state index contributed by atoms with van der Waals surface area (Å²) in [6.45, 7) is 4.78. The first-order chi connectivity index (χ1) is 5.31. The van der Waals surface area contributed by atoms with Gasteiger partial charge in [-0.05, 0) is 36.7 Å². The normalized spacial score (nSPS) is 14.8. The molecule has 0 fully saturated rings. The highest BCUT2D eigenvalue weighted by atomic mass is 79.9. The van der Waals surface area contributed by atoms with E-state index in [1.165, 1.54) is 19.9 Å². The van der Waals surface area contributed by atoms with Crippen molar-refractivity contribution in [2.45, 2.75) is 25.6 Å². The summed E-state index contributed by atoms with van der Waals surface area (Å²) in [6.07, 6.45) is 6.61. The summed E-state index contributed by atoms with van der Waals surface area (Å²) in [6, 6.07) is 0. The van der Waals surface area contributed by atoms with Gasteiger partial charge in [0, 0.05) is 0 Å². The highest BCUT2D eigenvalue weighted by Crippen LogP contribution is 2.42. The zero-order valence-corrected chi connectivity index (χ0v) is 9.03. The van der Waals surface area contributed by atoms with E-state index in [0.717, 1.165) is 0 Å². The first-order valence-electron chi connectivity index (χ1n) is 3.68. The fraction of sp³-hybridized carbons (Fsp3) is 0.556. The number of allylic oxidation sites excluding steroid dienone is 4. The molecule has 0 aromatic rings. The van der Waals surface area contributed by atoms with Crippen LogP contribution in [-0.2, 0) is 0 Å². The van der Waals surface area contributed by atoms with Gasteiger partial charge in [-0.3, -0.25) is 0 Å². The van der Waals surface area contributed by atoms with Gasteiger partial charge in [0.2, 0.25) is 0 Å². The molecule has 12 heavy (non-hydrogen) atoms. The molecule has 0 atom stereocenters. The lowest BCUT2D eigenvalue weighted by atomic mass is 9.93. The van der Waals surface area contributed by atoms with E-state index in [2.05, 4.69) is 15.9 Å². The summed E-state index contributed by atoms with van der Waals surface area (Å²) in [5.41, 5.74) is -1.16. The van der Waals surface area contributed by atoms with Crippen LogP contribution < -0.4 is 0 Å². The van der Waals surface area contributed by atoms with E-state index in [9.17, 15) is 8.78 Å². The molecule has 0 rings (SSSR count). The van der Waals surface area contributed by atoms with Gasteiger partial charge in [0.25, 0.3) is 0 Å². The van der Waals surface area contributed by atoms with E-state index >= 15 is 0 Å². The third kappa shape index (κ3) is 3.48. The Morgan fingerprint density at radius 2 is 1.67 bits per heavy atom. The predicted molar refractivity (Wildman–Crippen MR) is 51.6 cm³/mol. The minimum atomic E-state index is -2.86. The van der Waals surface area contributed by atoms with Gasteiger partial charge in [-0.2, -0.15) is 8.78 Å². The van der Waals surface area contributed by atoms with Crippen LogP contribution >= 0.6 is 15.9 Å². The Kier molecular flexibility index (Phi) is 4.11. The fourth-order valence-corrected chi connectivity index (χ4v) is 0.634. The molecule has 3 heteroatoms. The minimum Gasteiger partial charge on any atom is -0.193 e. The second kappa shape index (κ2) is 4.17. The highest BCUT2D eigenvalue weighted by Gasteiger charge is 2.41. The van der Waals surface area contributed by atoms with E-state index in [1.807, 2.05) is 6.92 Å². The molecular formula is C9H13BrF2. The minimum absolute atomic E-state index is 1.16. The molecule has 0 aromatic carbocycles. The SMILES string of the molecule is C/C=C\C=C/C(C)(C)C(F)(F)Br. The van der Waals surface area contributed by atoms with Crippen molar-refractivity contribution < 1.29 is 8.78 Å². The van der Waals surface area contributed by atoms with Gasteiger partial charge in [0.15, 0.2) is 0 Å². The largest absolute Gasteiger partial charge is 0.309 e. The first-order valence-corrected chi connectivity index (χ1v) is 4.48. The van der Waals surface area contributed by atoms with Crippen molar-refractivity contribution in [2.24, 2.45) is 5.41 Å². The van der Waals surface area contributed by atoms with Crippen molar-refractivity contribution in [1.29, 1.82) is 0 Å². The van der Waals surface area contributed by atoms with Crippen molar-refractivity contribution in [3.8, 4) is 0 Å². The average molecular weight is 239 g/mol. The molecule has 0 aliphatic carbocycles. The molecule has 0 heterocycles. The van der Waals surface area contributed by atoms with Crippen LogP contribution in [0, 0.1) is 5.41 Å². The van der Waals surface area contributed by atoms with Crippen LogP contribution in [0.1, 0.15) is 20.8 Å². The van der Waals surface area contributed by atoms with Gasteiger partial charge in [-0.1, -0.05) is 24.3 Å². The van der Waals surface area contributed by atoms with E-state index in [1.54, 1.807) is 18.2 Å². The maximum atomic E-state index is 12.8. The highest BCUT2D eigenvalue weighted by molar-refractivity contribution is 9.10. The summed E-state index contributed by atoms with van der Waals surface area (Å²) in [5, 5.41) is 0. The molecule has 0 unspecified atom stereocenters. The van der Waals surface area contributed by atoms with Crippen LogP contribution in [0.4, 0.5) is 8.78 Å². The molecule has 0 spiro atoms. The molecule has 0 aliphatic heterocycles. The van der Waals surface area contributed by atoms with Crippen LogP contribution in [0.15, 0.2) is 24.3 Å². The summed E-state index contributed by atoms with van der Waals surface area (Å²) >= 11 is 2.34. The van der Waals surface area contributed by atoms with Gasteiger partial charge in [-0.25, -0.2) is 0 Å². The quantitative estimate of drug-likeness (QED) is 0.513. The number of halogens is 3. The lowest BCUT2D eigenvalue weighted by Gasteiger charge is -2.25. The van der Waals surface area contributed by atoms with Crippen molar-refractivity contribution in [3.63, 3.8) is 0 Å². The second-order valence-electron chi connectivity index (χ2n) is 3.10. The van der Waals surface area contributed by atoms with E-state index in [4.69, 9.17) is 0 Å². The number of rotatable bonds is 3. The Labute approximate surface area is 80.5 Å². The van der Waals surface area contributed by atoms with Crippen LogP contribution in [0.3, 0.4) is 0 Å². The number of hydrogen-bond donors (Lipinski definition) is 0. The van der Waals surface area contributed by atoms with E-state index in [0.29, 0.717) is 0 Å². The fourth-order valence-electron chi connectivity index (χ4n) is 0.502. The molecule has 0 saturated heterocycles. The summed E-state index contributed by atoms with van der Waals surface area (Å²) in [7, 11) is 0. The molecule has 0 bridgehead atoms. The molecule has 0 nitrogen and oxygen atoms in total. The standard InChI is InChI=1S/C9H13BrF2/c1-4-5-6-7-8(2,3)9(10,11)12/h4-7H,1-3H3/b5-4-,7-6-. The molecular weight excluding hydrogens is 226 g/mol. The smallest absolute Gasteiger partial charge is 0.193 e. The zero-order chi connectivity index (χ0) is 9.83.